The highest BCUT2D eigenvalue weighted by Crippen LogP contribution is 2.32. The van der Waals surface area contributed by atoms with Crippen LogP contribution in [0.2, 0.25) is 0 Å². The van der Waals surface area contributed by atoms with Gasteiger partial charge < -0.3 is 10.2 Å². The molecule has 0 radical (unpaired) electrons. The molecule has 110 valence electrons. The van der Waals surface area contributed by atoms with Gasteiger partial charge in [0.2, 0.25) is 0 Å². The zero-order valence-electron chi connectivity index (χ0n) is 12.3. The van der Waals surface area contributed by atoms with E-state index in [-0.39, 0.29) is 30.2 Å². The summed E-state index contributed by atoms with van der Waals surface area (Å²) in [6.07, 6.45) is 0. The van der Waals surface area contributed by atoms with Crippen molar-refractivity contribution in [2.45, 2.75) is 33.1 Å². The third-order valence-electron chi connectivity index (χ3n) is 3.42. The summed E-state index contributed by atoms with van der Waals surface area (Å²) in [5, 5.41) is 3.41. The van der Waals surface area contributed by atoms with Crippen molar-refractivity contribution in [3.63, 3.8) is 0 Å². The molecular formula is C15H26Cl2N2. The molecule has 1 heterocycles. The highest BCUT2D eigenvalue weighted by molar-refractivity contribution is 5.85. The molecule has 0 amide bonds. The predicted octanol–water partition coefficient (Wildman–Crippen LogP) is 3.55. The van der Waals surface area contributed by atoms with Gasteiger partial charge in [-0.25, -0.2) is 0 Å². The first-order chi connectivity index (χ1) is 7.98. The standard InChI is InChI=1S/C15H24N2.2ClH/c1-12-5-6-14(13(11-12)15(2,3)4)17-9-7-16-8-10-17;;/h5-6,11,16H,7-10H2,1-4H3;2*1H. The number of rotatable bonds is 1. The van der Waals surface area contributed by atoms with E-state index in [9.17, 15) is 0 Å². The number of piperazine rings is 1. The van der Waals surface area contributed by atoms with Crippen LogP contribution in [-0.4, -0.2) is 26.2 Å². The molecule has 1 aliphatic heterocycles. The molecule has 1 aromatic carbocycles. The summed E-state index contributed by atoms with van der Waals surface area (Å²) in [5.41, 5.74) is 4.46. The minimum Gasteiger partial charge on any atom is -0.369 e. The number of benzene rings is 1. The van der Waals surface area contributed by atoms with E-state index < -0.39 is 0 Å². The largest absolute Gasteiger partial charge is 0.369 e. The summed E-state index contributed by atoms with van der Waals surface area (Å²) < 4.78 is 0. The van der Waals surface area contributed by atoms with Crippen LogP contribution in [0.15, 0.2) is 18.2 Å². The Labute approximate surface area is 129 Å². The summed E-state index contributed by atoms with van der Waals surface area (Å²) >= 11 is 0. The van der Waals surface area contributed by atoms with Gasteiger partial charge in [-0.05, 0) is 24.0 Å². The van der Waals surface area contributed by atoms with Gasteiger partial charge >= 0.3 is 0 Å². The zero-order chi connectivity index (χ0) is 12.5. The molecule has 0 spiro atoms. The molecule has 0 bridgehead atoms. The van der Waals surface area contributed by atoms with Crippen LogP contribution in [0.4, 0.5) is 5.69 Å². The average Bonchev–Trinajstić information content (AvgIpc) is 2.29. The Kier molecular flexibility index (Phi) is 7.20. The summed E-state index contributed by atoms with van der Waals surface area (Å²) in [5.74, 6) is 0. The van der Waals surface area contributed by atoms with Gasteiger partial charge in [0.05, 0.1) is 0 Å². The normalized spacial score (nSPS) is 15.5. The highest BCUT2D eigenvalue weighted by Gasteiger charge is 2.22. The Morgan fingerprint density at radius 3 is 2.16 bits per heavy atom. The highest BCUT2D eigenvalue weighted by atomic mass is 35.5. The number of halogens is 2. The van der Waals surface area contributed by atoms with E-state index in [4.69, 9.17) is 0 Å². The summed E-state index contributed by atoms with van der Waals surface area (Å²) in [7, 11) is 0. The lowest BCUT2D eigenvalue weighted by molar-refractivity contribution is 0.563. The second-order valence-corrected chi connectivity index (χ2v) is 6.01. The summed E-state index contributed by atoms with van der Waals surface area (Å²) in [4.78, 5) is 2.51. The monoisotopic (exact) mass is 304 g/mol. The molecule has 1 aliphatic rings. The quantitative estimate of drug-likeness (QED) is 0.853. The van der Waals surface area contributed by atoms with Crippen molar-refractivity contribution in [3.8, 4) is 0 Å². The van der Waals surface area contributed by atoms with E-state index in [1.165, 1.54) is 16.8 Å². The molecule has 0 aromatic heterocycles. The van der Waals surface area contributed by atoms with Crippen LogP contribution in [0.3, 0.4) is 0 Å². The van der Waals surface area contributed by atoms with E-state index in [1.54, 1.807) is 0 Å². The molecule has 19 heavy (non-hydrogen) atoms. The number of hydrogen-bond donors (Lipinski definition) is 1. The Bertz CT molecular complexity index is 394. The minimum absolute atomic E-state index is 0. The van der Waals surface area contributed by atoms with Crippen LogP contribution in [0, 0.1) is 6.92 Å². The lowest BCUT2D eigenvalue weighted by atomic mass is 9.84. The van der Waals surface area contributed by atoms with Crippen LogP contribution in [0.1, 0.15) is 31.9 Å². The lowest BCUT2D eigenvalue weighted by Gasteiger charge is -2.34. The molecule has 0 aliphatic carbocycles. The first-order valence-corrected chi connectivity index (χ1v) is 6.55. The topological polar surface area (TPSA) is 15.3 Å². The Morgan fingerprint density at radius 2 is 1.63 bits per heavy atom. The average molecular weight is 305 g/mol. The molecule has 0 atom stereocenters. The summed E-state index contributed by atoms with van der Waals surface area (Å²) in [6, 6.07) is 6.87. The Balaban J connectivity index is 0.00000162. The maximum absolute atomic E-state index is 3.41. The van der Waals surface area contributed by atoms with E-state index in [0.717, 1.165) is 26.2 Å². The van der Waals surface area contributed by atoms with Crippen LogP contribution in [-0.2, 0) is 5.41 Å². The van der Waals surface area contributed by atoms with Crippen LogP contribution >= 0.6 is 24.8 Å². The Morgan fingerprint density at radius 1 is 1.05 bits per heavy atom. The molecule has 2 nitrogen and oxygen atoms in total. The molecule has 0 unspecified atom stereocenters. The van der Waals surface area contributed by atoms with Gasteiger partial charge in [0, 0.05) is 31.9 Å². The molecule has 1 fully saturated rings. The van der Waals surface area contributed by atoms with Gasteiger partial charge in [0.25, 0.3) is 0 Å². The maximum Gasteiger partial charge on any atom is 0.0405 e. The number of nitrogens with zero attached hydrogens (tertiary/aromatic N) is 1. The number of nitrogens with one attached hydrogen (secondary N) is 1. The lowest BCUT2D eigenvalue weighted by Crippen LogP contribution is -2.44. The first-order valence-electron chi connectivity index (χ1n) is 6.55. The SMILES string of the molecule is Cc1ccc(N2CCNCC2)c(C(C)(C)C)c1.Cl.Cl. The van der Waals surface area contributed by atoms with Crippen molar-refractivity contribution in [2.24, 2.45) is 0 Å². The smallest absolute Gasteiger partial charge is 0.0405 e. The fourth-order valence-corrected chi connectivity index (χ4v) is 2.43. The second-order valence-electron chi connectivity index (χ2n) is 6.01. The molecular weight excluding hydrogens is 279 g/mol. The van der Waals surface area contributed by atoms with Gasteiger partial charge in [-0.2, -0.15) is 0 Å². The zero-order valence-corrected chi connectivity index (χ0v) is 14.0. The van der Waals surface area contributed by atoms with Crippen LogP contribution in [0.5, 0.6) is 0 Å². The molecule has 2 rings (SSSR count). The van der Waals surface area contributed by atoms with Crippen molar-refractivity contribution in [1.29, 1.82) is 0 Å². The van der Waals surface area contributed by atoms with Crippen LogP contribution < -0.4 is 10.2 Å². The van der Waals surface area contributed by atoms with Crippen molar-refractivity contribution >= 4 is 30.5 Å². The van der Waals surface area contributed by atoms with Gasteiger partial charge in [-0.15, -0.1) is 24.8 Å². The second kappa shape index (κ2) is 7.37. The number of anilines is 1. The molecule has 4 heteroatoms. The van der Waals surface area contributed by atoms with E-state index >= 15 is 0 Å². The van der Waals surface area contributed by atoms with Crippen molar-refractivity contribution < 1.29 is 0 Å². The fraction of sp³-hybridized carbons (Fsp3) is 0.600. The van der Waals surface area contributed by atoms with E-state index in [2.05, 4.69) is 56.1 Å². The molecule has 1 N–H and O–H groups in total. The first kappa shape index (κ1) is 18.6. The van der Waals surface area contributed by atoms with E-state index in [0.29, 0.717) is 0 Å². The minimum atomic E-state index is 0. The van der Waals surface area contributed by atoms with Gasteiger partial charge in [0.15, 0.2) is 0 Å². The third-order valence-corrected chi connectivity index (χ3v) is 3.42. The number of aryl methyl sites for hydroxylation is 1. The van der Waals surface area contributed by atoms with Gasteiger partial charge in [0.1, 0.15) is 0 Å². The van der Waals surface area contributed by atoms with E-state index in [1.807, 2.05) is 0 Å². The predicted molar refractivity (Wildman–Crippen MR) is 89.5 cm³/mol. The van der Waals surface area contributed by atoms with Gasteiger partial charge in [-0.1, -0.05) is 38.5 Å². The molecule has 1 saturated heterocycles. The van der Waals surface area contributed by atoms with Crippen molar-refractivity contribution in [1.82, 2.24) is 5.32 Å². The van der Waals surface area contributed by atoms with Crippen molar-refractivity contribution in [2.75, 3.05) is 31.1 Å². The Hall–Kier alpha value is -0.440. The number of hydrogen-bond acceptors (Lipinski definition) is 2. The van der Waals surface area contributed by atoms with Gasteiger partial charge in [-0.3, -0.25) is 0 Å². The summed E-state index contributed by atoms with van der Waals surface area (Å²) in [6.45, 7) is 13.5. The van der Waals surface area contributed by atoms with Crippen LogP contribution in [0.25, 0.3) is 0 Å². The fourth-order valence-electron chi connectivity index (χ4n) is 2.43. The molecule has 1 aromatic rings. The maximum atomic E-state index is 3.41. The van der Waals surface area contributed by atoms with Crippen molar-refractivity contribution in [3.05, 3.63) is 29.3 Å². The third kappa shape index (κ3) is 4.55. The molecule has 0 saturated carbocycles.